The van der Waals surface area contributed by atoms with Crippen molar-refractivity contribution >= 4 is 0 Å². The molecule has 0 saturated heterocycles. The van der Waals surface area contributed by atoms with E-state index in [9.17, 15) is 27.1 Å². The average Bonchev–Trinajstić information content (AvgIpc) is 2.64. The van der Waals surface area contributed by atoms with Gasteiger partial charge in [0.05, 0.1) is 11.3 Å². The summed E-state index contributed by atoms with van der Waals surface area (Å²) >= 11 is 0. The second-order valence-electron chi connectivity index (χ2n) is 6.38. The summed E-state index contributed by atoms with van der Waals surface area (Å²) in [6.45, 7) is 1.64. The minimum absolute atomic E-state index is 0.0448. The molecule has 0 fully saturated rings. The number of hydrogen-bond donors (Lipinski definition) is 1. The van der Waals surface area contributed by atoms with E-state index in [0.717, 1.165) is 18.2 Å². The SMILES string of the molecule is C[C@H](Cc1ccc(F)c(F)c1)c1cc(C(F)(F)F)cnc1-c1ncccc1O. The number of benzene rings is 1. The first-order chi connectivity index (χ1) is 13.2. The van der Waals surface area contributed by atoms with Crippen LogP contribution in [0.1, 0.15) is 29.5 Å². The molecular weight excluding hydrogens is 379 g/mol. The van der Waals surface area contributed by atoms with Crippen molar-refractivity contribution in [3.05, 3.63) is 77.1 Å². The molecule has 0 unspecified atom stereocenters. The van der Waals surface area contributed by atoms with Crippen molar-refractivity contribution in [2.45, 2.75) is 25.4 Å². The van der Waals surface area contributed by atoms with E-state index in [-0.39, 0.29) is 29.1 Å². The summed E-state index contributed by atoms with van der Waals surface area (Å²) in [4.78, 5) is 7.91. The molecule has 3 rings (SSSR count). The summed E-state index contributed by atoms with van der Waals surface area (Å²) in [5.74, 6) is -2.81. The number of halogens is 5. The molecule has 1 atom stereocenters. The molecule has 0 aliphatic rings. The van der Waals surface area contributed by atoms with Crippen molar-refractivity contribution in [1.82, 2.24) is 9.97 Å². The van der Waals surface area contributed by atoms with Crippen LogP contribution < -0.4 is 0 Å². The average molecular weight is 394 g/mol. The van der Waals surface area contributed by atoms with E-state index in [1.54, 1.807) is 6.92 Å². The first-order valence-electron chi connectivity index (χ1n) is 8.32. The van der Waals surface area contributed by atoms with Crippen LogP contribution in [0, 0.1) is 11.6 Å². The number of nitrogens with zero attached hydrogens (tertiary/aromatic N) is 2. The summed E-state index contributed by atoms with van der Waals surface area (Å²) in [6.07, 6.45) is -2.40. The quantitative estimate of drug-likeness (QED) is 0.595. The summed E-state index contributed by atoms with van der Waals surface area (Å²) < 4.78 is 66.1. The van der Waals surface area contributed by atoms with Crippen LogP contribution >= 0.6 is 0 Å². The highest BCUT2D eigenvalue weighted by Gasteiger charge is 2.32. The second kappa shape index (κ2) is 7.53. The Bertz CT molecular complexity index is 1000. The van der Waals surface area contributed by atoms with Crippen molar-refractivity contribution in [2.24, 2.45) is 0 Å². The monoisotopic (exact) mass is 394 g/mol. The molecule has 3 aromatic rings. The Hall–Kier alpha value is -3.03. The topological polar surface area (TPSA) is 46.0 Å². The third kappa shape index (κ3) is 4.11. The Balaban J connectivity index is 2.07. The van der Waals surface area contributed by atoms with Gasteiger partial charge in [0.25, 0.3) is 0 Å². The fourth-order valence-corrected chi connectivity index (χ4v) is 2.92. The van der Waals surface area contributed by atoms with Gasteiger partial charge >= 0.3 is 6.18 Å². The van der Waals surface area contributed by atoms with Crippen LogP contribution in [-0.4, -0.2) is 15.1 Å². The highest BCUT2D eigenvalue weighted by molar-refractivity contribution is 5.66. The predicted molar refractivity (Wildman–Crippen MR) is 92.6 cm³/mol. The van der Waals surface area contributed by atoms with Gasteiger partial charge in [-0.1, -0.05) is 13.0 Å². The smallest absolute Gasteiger partial charge is 0.417 e. The fourth-order valence-electron chi connectivity index (χ4n) is 2.92. The summed E-state index contributed by atoms with van der Waals surface area (Å²) in [5.41, 5.74) is -0.197. The predicted octanol–water partition coefficient (Wildman–Crippen LogP) is 5.49. The van der Waals surface area contributed by atoms with Crippen LogP contribution in [-0.2, 0) is 12.6 Å². The zero-order chi connectivity index (χ0) is 20.5. The summed E-state index contributed by atoms with van der Waals surface area (Å²) in [7, 11) is 0. The Morgan fingerprint density at radius 2 is 1.75 bits per heavy atom. The van der Waals surface area contributed by atoms with E-state index in [2.05, 4.69) is 9.97 Å². The molecule has 0 saturated carbocycles. The lowest BCUT2D eigenvalue weighted by molar-refractivity contribution is -0.137. The number of hydrogen-bond acceptors (Lipinski definition) is 3. The molecule has 1 aromatic carbocycles. The highest BCUT2D eigenvalue weighted by Crippen LogP contribution is 2.37. The van der Waals surface area contributed by atoms with Gasteiger partial charge in [0.1, 0.15) is 11.4 Å². The third-order valence-electron chi connectivity index (χ3n) is 4.31. The van der Waals surface area contributed by atoms with Crippen molar-refractivity contribution in [3.8, 4) is 17.1 Å². The number of pyridine rings is 2. The number of rotatable bonds is 4. The van der Waals surface area contributed by atoms with Gasteiger partial charge in [-0.3, -0.25) is 9.97 Å². The van der Waals surface area contributed by atoms with Gasteiger partial charge in [-0.05, 0) is 53.8 Å². The third-order valence-corrected chi connectivity index (χ3v) is 4.31. The lowest BCUT2D eigenvalue weighted by Crippen LogP contribution is -2.10. The lowest BCUT2D eigenvalue weighted by Gasteiger charge is -2.18. The van der Waals surface area contributed by atoms with E-state index in [1.807, 2.05) is 0 Å². The standard InChI is InChI=1S/C20H15F5N2O/c1-11(7-12-4-5-15(21)16(22)8-12)14-9-13(20(23,24)25)10-27-18(14)19-17(28)3-2-6-26-19/h2-6,8-11,28H,7H2,1H3/t11-/m1/s1. The molecule has 2 heterocycles. The minimum atomic E-state index is -4.60. The first kappa shape index (κ1) is 19.7. The van der Waals surface area contributed by atoms with E-state index in [0.29, 0.717) is 11.8 Å². The molecule has 28 heavy (non-hydrogen) atoms. The van der Waals surface area contributed by atoms with E-state index >= 15 is 0 Å². The van der Waals surface area contributed by atoms with Crippen molar-refractivity contribution in [2.75, 3.05) is 0 Å². The van der Waals surface area contributed by atoms with Gasteiger partial charge in [0.15, 0.2) is 11.6 Å². The van der Waals surface area contributed by atoms with Crippen LogP contribution in [0.15, 0.2) is 48.8 Å². The highest BCUT2D eigenvalue weighted by atomic mass is 19.4. The van der Waals surface area contributed by atoms with Crippen LogP contribution in [0.3, 0.4) is 0 Å². The molecule has 0 radical (unpaired) electrons. The van der Waals surface area contributed by atoms with E-state index in [4.69, 9.17) is 0 Å². The Labute approximate surface area is 157 Å². The number of aromatic hydroxyl groups is 1. The molecule has 2 aromatic heterocycles. The zero-order valence-electron chi connectivity index (χ0n) is 14.6. The molecule has 0 spiro atoms. The largest absolute Gasteiger partial charge is 0.506 e. The van der Waals surface area contributed by atoms with Gasteiger partial charge in [0.2, 0.25) is 0 Å². The molecule has 0 amide bonds. The fraction of sp³-hybridized carbons (Fsp3) is 0.200. The van der Waals surface area contributed by atoms with E-state index in [1.165, 1.54) is 24.4 Å². The maximum Gasteiger partial charge on any atom is 0.417 e. The van der Waals surface area contributed by atoms with Crippen LogP contribution in [0.4, 0.5) is 22.0 Å². The molecule has 8 heteroatoms. The van der Waals surface area contributed by atoms with Crippen LogP contribution in [0.5, 0.6) is 5.75 Å². The molecule has 0 aliphatic heterocycles. The Kier molecular flexibility index (Phi) is 5.31. The molecular formula is C20H15F5N2O. The lowest BCUT2D eigenvalue weighted by atomic mass is 9.90. The zero-order valence-corrected chi connectivity index (χ0v) is 14.6. The number of aromatic nitrogens is 2. The second-order valence-corrected chi connectivity index (χ2v) is 6.38. The maximum absolute atomic E-state index is 13.5. The van der Waals surface area contributed by atoms with Crippen molar-refractivity contribution in [3.63, 3.8) is 0 Å². The molecule has 146 valence electrons. The van der Waals surface area contributed by atoms with Gasteiger partial charge in [-0.25, -0.2) is 8.78 Å². The van der Waals surface area contributed by atoms with Gasteiger partial charge in [0, 0.05) is 12.4 Å². The van der Waals surface area contributed by atoms with Gasteiger partial charge < -0.3 is 5.11 Å². The molecule has 0 bridgehead atoms. The van der Waals surface area contributed by atoms with E-state index < -0.39 is 29.3 Å². The molecule has 1 N–H and O–H groups in total. The van der Waals surface area contributed by atoms with Crippen molar-refractivity contribution in [1.29, 1.82) is 0 Å². The summed E-state index contributed by atoms with van der Waals surface area (Å²) in [5, 5.41) is 10.0. The number of alkyl halides is 3. The normalized spacial score (nSPS) is 12.8. The van der Waals surface area contributed by atoms with Gasteiger partial charge in [-0.2, -0.15) is 13.2 Å². The summed E-state index contributed by atoms with van der Waals surface area (Å²) in [6, 6.07) is 7.12. The van der Waals surface area contributed by atoms with Gasteiger partial charge in [-0.15, -0.1) is 0 Å². The van der Waals surface area contributed by atoms with Crippen LogP contribution in [0.25, 0.3) is 11.4 Å². The van der Waals surface area contributed by atoms with Crippen molar-refractivity contribution < 1.29 is 27.1 Å². The molecule has 3 nitrogen and oxygen atoms in total. The van der Waals surface area contributed by atoms with Crippen LogP contribution in [0.2, 0.25) is 0 Å². The minimum Gasteiger partial charge on any atom is -0.506 e. The first-order valence-corrected chi connectivity index (χ1v) is 8.32. The Morgan fingerprint density at radius 1 is 1.00 bits per heavy atom. The Morgan fingerprint density at radius 3 is 2.39 bits per heavy atom. The molecule has 0 aliphatic carbocycles. The maximum atomic E-state index is 13.5.